The molecule has 24 heavy (non-hydrogen) atoms. The zero-order chi connectivity index (χ0) is 16.9. The van der Waals surface area contributed by atoms with Gasteiger partial charge in [-0.3, -0.25) is 9.78 Å². The number of hydrogen-bond donors (Lipinski definition) is 3. The molecule has 0 saturated heterocycles. The topological polar surface area (TPSA) is 92.9 Å². The number of amides is 1. The van der Waals surface area contributed by atoms with Crippen LogP contribution in [-0.2, 0) is 0 Å². The summed E-state index contributed by atoms with van der Waals surface area (Å²) in [6.07, 6.45) is 3.37. The lowest BCUT2D eigenvalue weighted by atomic mass is 10.2. The van der Waals surface area contributed by atoms with Gasteiger partial charge in [0.1, 0.15) is 5.82 Å². The van der Waals surface area contributed by atoms with Gasteiger partial charge in [0, 0.05) is 46.8 Å². The Hall–Kier alpha value is -3.41. The van der Waals surface area contributed by atoms with E-state index in [0.717, 1.165) is 17.1 Å². The average molecular weight is 319 g/mol. The second-order valence-electron chi connectivity index (χ2n) is 5.32. The number of nitrogen functional groups attached to an aromatic ring is 1. The molecule has 0 aliphatic carbocycles. The third kappa shape index (κ3) is 3.86. The van der Waals surface area contributed by atoms with Crippen LogP contribution < -0.4 is 16.4 Å². The van der Waals surface area contributed by atoms with E-state index in [4.69, 9.17) is 5.73 Å². The molecule has 0 saturated carbocycles. The lowest BCUT2D eigenvalue weighted by molar-refractivity contribution is 0.102. The second-order valence-corrected chi connectivity index (χ2v) is 5.32. The van der Waals surface area contributed by atoms with Crippen molar-refractivity contribution in [2.24, 2.45) is 0 Å². The van der Waals surface area contributed by atoms with Gasteiger partial charge in [-0.15, -0.1) is 0 Å². The Morgan fingerprint density at radius 3 is 2.50 bits per heavy atom. The monoisotopic (exact) mass is 319 g/mol. The summed E-state index contributed by atoms with van der Waals surface area (Å²) >= 11 is 0. The number of carbonyl (C=O) groups is 1. The van der Waals surface area contributed by atoms with Crippen molar-refractivity contribution in [3.8, 4) is 0 Å². The van der Waals surface area contributed by atoms with Crippen molar-refractivity contribution < 1.29 is 4.79 Å². The molecule has 1 aromatic carbocycles. The number of rotatable bonds is 4. The molecule has 3 rings (SSSR count). The molecular weight excluding hydrogens is 302 g/mol. The van der Waals surface area contributed by atoms with Gasteiger partial charge in [-0.25, -0.2) is 4.98 Å². The third-order valence-corrected chi connectivity index (χ3v) is 3.34. The minimum atomic E-state index is -0.258. The summed E-state index contributed by atoms with van der Waals surface area (Å²) in [6.45, 7) is 1.93. The molecule has 1 amide bonds. The minimum absolute atomic E-state index is 0.258. The summed E-state index contributed by atoms with van der Waals surface area (Å²) < 4.78 is 0. The maximum absolute atomic E-state index is 12.2. The number of nitrogens with one attached hydrogen (secondary N) is 2. The Kier molecular flexibility index (Phi) is 4.38. The van der Waals surface area contributed by atoms with Gasteiger partial charge >= 0.3 is 0 Å². The Morgan fingerprint density at radius 2 is 1.75 bits per heavy atom. The number of nitrogens with zero attached hydrogens (tertiary/aromatic N) is 2. The van der Waals surface area contributed by atoms with Gasteiger partial charge in [0.25, 0.3) is 5.91 Å². The standard InChI is InChI=1S/C18H17N5O/c1-12-9-15(5-7-20-12)22-16-6-8-21-17(11-16)23-18(24)13-3-2-4-14(19)10-13/h2-11H,19H2,1H3,(H2,20,21,22,23,24). The fraction of sp³-hybridized carbons (Fsp3) is 0.0556. The molecule has 6 nitrogen and oxygen atoms in total. The van der Waals surface area contributed by atoms with Gasteiger partial charge in [-0.2, -0.15) is 0 Å². The molecule has 0 fully saturated rings. The van der Waals surface area contributed by atoms with Gasteiger partial charge in [0.05, 0.1) is 0 Å². The van der Waals surface area contributed by atoms with E-state index in [1.807, 2.05) is 25.1 Å². The van der Waals surface area contributed by atoms with E-state index in [1.165, 1.54) is 0 Å². The van der Waals surface area contributed by atoms with Crippen LogP contribution in [0, 0.1) is 6.92 Å². The average Bonchev–Trinajstić information content (AvgIpc) is 2.55. The molecular formula is C18H17N5O. The van der Waals surface area contributed by atoms with E-state index in [0.29, 0.717) is 17.1 Å². The summed E-state index contributed by atoms with van der Waals surface area (Å²) in [5.74, 6) is 0.199. The van der Waals surface area contributed by atoms with Crippen molar-refractivity contribution in [2.45, 2.75) is 6.92 Å². The van der Waals surface area contributed by atoms with Crippen LogP contribution in [0.25, 0.3) is 0 Å². The van der Waals surface area contributed by atoms with Crippen molar-refractivity contribution in [3.05, 3.63) is 72.2 Å². The van der Waals surface area contributed by atoms with Crippen LogP contribution in [0.5, 0.6) is 0 Å². The van der Waals surface area contributed by atoms with E-state index in [-0.39, 0.29) is 5.91 Å². The predicted molar refractivity (Wildman–Crippen MR) is 95.3 cm³/mol. The molecule has 0 aliphatic heterocycles. The SMILES string of the molecule is Cc1cc(Nc2ccnc(NC(=O)c3cccc(N)c3)c2)ccn1. The number of benzene rings is 1. The zero-order valence-corrected chi connectivity index (χ0v) is 13.2. The van der Waals surface area contributed by atoms with Gasteiger partial charge < -0.3 is 16.4 Å². The number of carbonyl (C=O) groups excluding carboxylic acids is 1. The fourth-order valence-corrected chi connectivity index (χ4v) is 2.24. The van der Waals surface area contributed by atoms with Crippen LogP contribution in [0.4, 0.5) is 22.9 Å². The number of hydrogen-bond acceptors (Lipinski definition) is 5. The lowest BCUT2D eigenvalue weighted by Crippen LogP contribution is -2.13. The predicted octanol–water partition coefficient (Wildman–Crippen LogP) is 3.36. The lowest BCUT2D eigenvalue weighted by Gasteiger charge is -2.09. The quantitative estimate of drug-likeness (QED) is 0.641. The summed E-state index contributed by atoms with van der Waals surface area (Å²) in [4.78, 5) is 20.6. The molecule has 120 valence electrons. The Bertz CT molecular complexity index is 879. The summed E-state index contributed by atoms with van der Waals surface area (Å²) in [5, 5.41) is 6.02. The smallest absolute Gasteiger partial charge is 0.256 e. The second kappa shape index (κ2) is 6.78. The van der Waals surface area contributed by atoms with Crippen molar-refractivity contribution >= 4 is 28.8 Å². The highest BCUT2D eigenvalue weighted by molar-refractivity contribution is 6.04. The molecule has 0 atom stereocenters. The van der Waals surface area contributed by atoms with Crippen molar-refractivity contribution in [1.82, 2.24) is 9.97 Å². The highest BCUT2D eigenvalue weighted by Gasteiger charge is 2.07. The highest BCUT2D eigenvalue weighted by Crippen LogP contribution is 2.19. The first-order chi connectivity index (χ1) is 11.6. The number of nitrogens with two attached hydrogens (primary N) is 1. The van der Waals surface area contributed by atoms with Gasteiger partial charge in [0.2, 0.25) is 0 Å². The van der Waals surface area contributed by atoms with Crippen molar-refractivity contribution in [2.75, 3.05) is 16.4 Å². The van der Waals surface area contributed by atoms with E-state index in [1.54, 1.807) is 42.7 Å². The molecule has 3 aromatic rings. The summed E-state index contributed by atoms with van der Waals surface area (Å²) in [5.41, 5.74) is 9.39. The van der Waals surface area contributed by atoms with Crippen LogP contribution in [-0.4, -0.2) is 15.9 Å². The largest absolute Gasteiger partial charge is 0.399 e. The Morgan fingerprint density at radius 1 is 1.00 bits per heavy atom. The normalized spacial score (nSPS) is 10.2. The number of pyridine rings is 2. The maximum Gasteiger partial charge on any atom is 0.256 e. The van der Waals surface area contributed by atoms with Gasteiger partial charge in [-0.05, 0) is 43.3 Å². The zero-order valence-electron chi connectivity index (χ0n) is 13.2. The van der Waals surface area contributed by atoms with Crippen LogP contribution in [0.3, 0.4) is 0 Å². The molecule has 0 aliphatic rings. The van der Waals surface area contributed by atoms with Gasteiger partial charge in [0.15, 0.2) is 0 Å². The van der Waals surface area contributed by atoms with E-state index >= 15 is 0 Å². The number of aryl methyl sites for hydroxylation is 1. The van der Waals surface area contributed by atoms with E-state index in [9.17, 15) is 4.79 Å². The minimum Gasteiger partial charge on any atom is -0.399 e. The Balaban J connectivity index is 1.74. The van der Waals surface area contributed by atoms with Crippen molar-refractivity contribution in [1.29, 1.82) is 0 Å². The molecule has 4 N–H and O–H groups in total. The fourth-order valence-electron chi connectivity index (χ4n) is 2.24. The van der Waals surface area contributed by atoms with E-state index < -0.39 is 0 Å². The molecule has 0 radical (unpaired) electrons. The van der Waals surface area contributed by atoms with Crippen LogP contribution in [0.15, 0.2) is 60.9 Å². The highest BCUT2D eigenvalue weighted by atomic mass is 16.1. The molecule has 6 heteroatoms. The van der Waals surface area contributed by atoms with Crippen LogP contribution >= 0.6 is 0 Å². The first kappa shape index (κ1) is 15.5. The Labute approximate surface area is 139 Å². The molecule has 2 heterocycles. The third-order valence-electron chi connectivity index (χ3n) is 3.34. The van der Waals surface area contributed by atoms with Gasteiger partial charge in [-0.1, -0.05) is 6.07 Å². The number of anilines is 4. The molecule has 2 aromatic heterocycles. The molecule has 0 bridgehead atoms. The van der Waals surface area contributed by atoms with Crippen molar-refractivity contribution in [3.63, 3.8) is 0 Å². The molecule has 0 unspecified atom stereocenters. The summed E-state index contributed by atoms with van der Waals surface area (Å²) in [7, 11) is 0. The summed E-state index contributed by atoms with van der Waals surface area (Å²) in [6, 6.07) is 14.2. The molecule has 0 spiro atoms. The maximum atomic E-state index is 12.2. The van der Waals surface area contributed by atoms with E-state index in [2.05, 4.69) is 20.6 Å². The number of aromatic nitrogens is 2. The van der Waals surface area contributed by atoms with Crippen LogP contribution in [0.2, 0.25) is 0 Å². The van der Waals surface area contributed by atoms with Crippen LogP contribution in [0.1, 0.15) is 16.1 Å². The first-order valence-corrected chi connectivity index (χ1v) is 7.43. The first-order valence-electron chi connectivity index (χ1n) is 7.43.